The number of pyridine rings is 1. The molecule has 2 rings (SSSR count). The minimum absolute atomic E-state index is 0.439. The topological polar surface area (TPSA) is 24.9 Å². The summed E-state index contributed by atoms with van der Waals surface area (Å²) in [6, 6.07) is 6.81. The summed E-state index contributed by atoms with van der Waals surface area (Å²) >= 11 is 0. The second kappa shape index (κ2) is 6.71. The predicted octanol–water partition coefficient (Wildman–Crippen LogP) is 4.38. The zero-order valence-electron chi connectivity index (χ0n) is 13.5. The summed E-state index contributed by atoms with van der Waals surface area (Å²) in [5.74, 6) is 1.21. The van der Waals surface area contributed by atoms with Gasteiger partial charge in [-0.2, -0.15) is 0 Å². The van der Waals surface area contributed by atoms with Crippen molar-refractivity contribution in [2.75, 3.05) is 6.54 Å². The van der Waals surface area contributed by atoms with E-state index >= 15 is 0 Å². The lowest BCUT2D eigenvalue weighted by Gasteiger charge is -2.45. The minimum Gasteiger partial charge on any atom is -0.313 e. The number of nitrogens with zero attached hydrogens (tertiary/aromatic N) is 1. The first-order valence-corrected chi connectivity index (χ1v) is 8.20. The van der Waals surface area contributed by atoms with Gasteiger partial charge < -0.3 is 5.32 Å². The molecule has 1 aliphatic carbocycles. The molecule has 1 N–H and O–H groups in total. The smallest absolute Gasteiger partial charge is 0.0447 e. The Morgan fingerprint density at radius 1 is 1.35 bits per heavy atom. The molecule has 0 bridgehead atoms. The molecule has 0 saturated heterocycles. The van der Waals surface area contributed by atoms with Gasteiger partial charge in [-0.1, -0.05) is 46.6 Å². The Morgan fingerprint density at radius 2 is 2.15 bits per heavy atom. The maximum Gasteiger partial charge on any atom is 0.0447 e. The SMILES string of the molecule is CCNC(C(C)c1ccccn1)C1CCCCC1(C)C. The highest BCUT2D eigenvalue weighted by Gasteiger charge is 2.39. The fourth-order valence-electron chi connectivity index (χ4n) is 3.92. The van der Waals surface area contributed by atoms with Gasteiger partial charge in [-0.15, -0.1) is 0 Å². The van der Waals surface area contributed by atoms with E-state index in [0.29, 0.717) is 17.4 Å². The molecule has 2 nitrogen and oxygen atoms in total. The molecule has 3 unspecified atom stereocenters. The van der Waals surface area contributed by atoms with Crippen LogP contribution in [0.2, 0.25) is 0 Å². The van der Waals surface area contributed by atoms with Gasteiger partial charge in [0, 0.05) is 23.9 Å². The van der Waals surface area contributed by atoms with Gasteiger partial charge >= 0.3 is 0 Å². The molecule has 0 aliphatic heterocycles. The normalized spacial score (nSPS) is 25.1. The lowest BCUT2D eigenvalue weighted by Crippen LogP contribution is -2.47. The number of aromatic nitrogens is 1. The predicted molar refractivity (Wildman–Crippen MR) is 85.9 cm³/mol. The molecule has 1 fully saturated rings. The van der Waals surface area contributed by atoms with Crippen molar-refractivity contribution in [1.29, 1.82) is 0 Å². The van der Waals surface area contributed by atoms with Gasteiger partial charge in [0.2, 0.25) is 0 Å². The molecule has 1 aromatic heterocycles. The minimum atomic E-state index is 0.439. The highest BCUT2D eigenvalue weighted by molar-refractivity contribution is 5.13. The van der Waals surface area contributed by atoms with E-state index in [-0.39, 0.29) is 0 Å². The Kier molecular flexibility index (Phi) is 5.20. The summed E-state index contributed by atoms with van der Waals surface area (Å²) in [6.07, 6.45) is 7.39. The van der Waals surface area contributed by atoms with Crippen molar-refractivity contribution in [2.45, 2.75) is 65.3 Å². The molecule has 3 atom stereocenters. The molecule has 1 saturated carbocycles. The molecule has 0 spiro atoms. The zero-order chi connectivity index (χ0) is 14.6. The van der Waals surface area contributed by atoms with Crippen LogP contribution >= 0.6 is 0 Å². The maximum absolute atomic E-state index is 4.58. The largest absolute Gasteiger partial charge is 0.313 e. The first-order valence-electron chi connectivity index (χ1n) is 8.20. The Morgan fingerprint density at radius 3 is 2.75 bits per heavy atom. The van der Waals surface area contributed by atoms with Crippen LogP contribution in [0.25, 0.3) is 0 Å². The summed E-state index contributed by atoms with van der Waals surface area (Å²) in [6.45, 7) is 10.5. The van der Waals surface area contributed by atoms with E-state index < -0.39 is 0 Å². The van der Waals surface area contributed by atoms with E-state index in [4.69, 9.17) is 0 Å². The molecule has 2 heteroatoms. The van der Waals surface area contributed by atoms with Gasteiger partial charge in [0.05, 0.1) is 0 Å². The number of hydrogen-bond donors (Lipinski definition) is 1. The lowest BCUT2D eigenvalue weighted by atomic mass is 9.63. The molecule has 0 radical (unpaired) electrons. The summed E-state index contributed by atoms with van der Waals surface area (Å²) in [5, 5.41) is 3.77. The summed E-state index contributed by atoms with van der Waals surface area (Å²) in [4.78, 5) is 4.58. The van der Waals surface area contributed by atoms with Crippen molar-refractivity contribution in [3.05, 3.63) is 30.1 Å². The molecule has 0 aromatic carbocycles. The monoisotopic (exact) mass is 274 g/mol. The van der Waals surface area contributed by atoms with Crippen molar-refractivity contribution in [3.8, 4) is 0 Å². The molecule has 1 aromatic rings. The molecular weight excluding hydrogens is 244 g/mol. The third kappa shape index (κ3) is 3.41. The van der Waals surface area contributed by atoms with Crippen molar-refractivity contribution in [3.63, 3.8) is 0 Å². The quantitative estimate of drug-likeness (QED) is 0.862. The van der Waals surface area contributed by atoms with Crippen molar-refractivity contribution in [1.82, 2.24) is 10.3 Å². The number of hydrogen-bond acceptors (Lipinski definition) is 2. The van der Waals surface area contributed by atoms with Crippen LogP contribution in [0.5, 0.6) is 0 Å². The van der Waals surface area contributed by atoms with E-state index in [0.717, 1.165) is 12.5 Å². The lowest BCUT2D eigenvalue weighted by molar-refractivity contribution is 0.0893. The number of nitrogens with one attached hydrogen (secondary N) is 1. The third-order valence-electron chi connectivity index (χ3n) is 5.16. The molecule has 20 heavy (non-hydrogen) atoms. The summed E-state index contributed by atoms with van der Waals surface area (Å²) < 4.78 is 0. The highest BCUT2D eigenvalue weighted by atomic mass is 14.9. The molecule has 1 heterocycles. The van der Waals surface area contributed by atoms with E-state index in [2.05, 4.69) is 50.1 Å². The van der Waals surface area contributed by atoms with Crippen molar-refractivity contribution < 1.29 is 0 Å². The van der Waals surface area contributed by atoms with Crippen LogP contribution in [0, 0.1) is 11.3 Å². The van der Waals surface area contributed by atoms with Crippen LogP contribution in [0.4, 0.5) is 0 Å². The first-order chi connectivity index (χ1) is 9.56. The van der Waals surface area contributed by atoms with Gasteiger partial charge in [0.15, 0.2) is 0 Å². The Bertz CT molecular complexity index is 399. The van der Waals surface area contributed by atoms with E-state index in [1.54, 1.807) is 0 Å². The van der Waals surface area contributed by atoms with Crippen LogP contribution in [0.3, 0.4) is 0 Å². The number of rotatable bonds is 5. The first kappa shape index (κ1) is 15.5. The van der Waals surface area contributed by atoms with E-state index in [1.807, 2.05) is 12.3 Å². The molecule has 0 amide bonds. The Labute approximate surface area is 124 Å². The second-order valence-corrected chi connectivity index (χ2v) is 6.97. The van der Waals surface area contributed by atoms with Crippen LogP contribution in [-0.4, -0.2) is 17.6 Å². The van der Waals surface area contributed by atoms with E-state index in [9.17, 15) is 0 Å². The summed E-state index contributed by atoms with van der Waals surface area (Å²) in [5.41, 5.74) is 1.66. The van der Waals surface area contributed by atoms with Crippen LogP contribution in [0.15, 0.2) is 24.4 Å². The third-order valence-corrected chi connectivity index (χ3v) is 5.16. The van der Waals surface area contributed by atoms with Gasteiger partial charge in [0.25, 0.3) is 0 Å². The fraction of sp³-hybridized carbons (Fsp3) is 0.722. The molecule has 1 aliphatic rings. The van der Waals surface area contributed by atoms with Crippen molar-refractivity contribution >= 4 is 0 Å². The number of likely N-dealkylation sites (N-methyl/N-ethyl adjacent to an activating group) is 1. The standard InChI is InChI=1S/C18H30N2/c1-5-19-17(14(2)16-11-7-9-13-20-16)15-10-6-8-12-18(15,3)4/h7,9,11,13-15,17,19H,5-6,8,10,12H2,1-4H3. The average Bonchev–Trinajstić information content (AvgIpc) is 2.45. The molecular formula is C18H30N2. The Balaban J connectivity index is 2.21. The van der Waals surface area contributed by atoms with Crippen molar-refractivity contribution in [2.24, 2.45) is 11.3 Å². The zero-order valence-corrected chi connectivity index (χ0v) is 13.5. The van der Waals surface area contributed by atoms with Gasteiger partial charge in [-0.3, -0.25) is 4.98 Å². The van der Waals surface area contributed by atoms with Crippen LogP contribution in [-0.2, 0) is 0 Å². The second-order valence-electron chi connectivity index (χ2n) is 6.97. The van der Waals surface area contributed by atoms with E-state index in [1.165, 1.54) is 31.4 Å². The average molecular weight is 274 g/mol. The van der Waals surface area contributed by atoms with Crippen LogP contribution in [0.1, 0.15) is 65.0 Å². The molecule has 112 valence electrons. The van der Waals surface area contributed by atoms with Gasteiger partial charge in [0.1, 0.15) is 0 Å². The van der Waals surface area contributed by atoms with Crippen LogP contribution < -0.4 is 5.32 Å². The Hall–Kier alpha value is -0.890. The maximum atomic E-state index is 4.58. The highest BCUT2D eigenvalue weighted by Crippen LogP contribution is 2.45. The fourth-order valence-corrected chi connectivity index (χ4v) is 3.92. The summed E-state index contributed by atoms with van der Waals surface area (Å²) in [7, 11) is 0. The van der Waals surface area contributed by atoms with Gasteiger partial charge in [-0.05, 0) is 42.9 Å². The van der Waals surface area contributed by atoms with Gasteiger partial charge in [-0.25, -0.2) is 0 Å².